The Hall–Kier alpha value is -2.00. The largest absolute Gasteiger partial charge is 0.384 e. The quantitative estimate of drug-likeness (QED) is 0.409. The summed E-state index contributed by atoms with van der Waals surface area (Å²) in [5.41, 5.74) is 11.6. The Labute approximate surface area is 138 Å². The van der Waals surface area contributed by atoms with Gasteiger partial charge in [-0.3, -0.25) is 5.41 Å². The standard InChI is InChI=1S/C18H24ClN3/c1-6-7-15(14(5)19)16(10-17(20)21)22-18-12(3)8-11(2)9-13(18)4/h6-10,22H,1-5H3,(H3,20,21)/b7-6-,15-14-,16-10-. The lowest BCUT2D eigenvalue weighted by atomic mass is 10.0. The van der Waals surface area contributed by atoms with Crippen molar-refractivity contribution < 1.29 is 0 Å². The van der Waals surface area contributed by atoms with E-state index in [1.54, 1.807) is 6.08 Å². The summed E-state index contributed by atoms with van der Waals surface area (Å²) in [6.07, 6.45) is 5.40. The van der Waals surface area contributed by atoms with Gasteiger partial charge in [0.05, 0.1) is 5.70 Å². The van der Waals surface area contributed by atoms with Crippen LogP contribution in [0.3, 0.4) is 0 Å². The number of benzene rings is 1. The second kappa shape index (κ2) is 7.85. The fourth-order valence-electron chi connectivity index (χ4n) is 2.41. The molecule has 0 bridgehead atoms. The van der Waals surface area contributed by atoms with Crippen molar-refractivity contribution in [1.29, 1.82) is 5.41 Å². The first kappa shape index (κ1) is 18.1. The SMILES string of the molecule is C\C=C/C(C(=C/C(=N)N)/Nc1c(C)cc(C)cc1C)=C(\C)Cl. The van der Waals surface area contributed by atoms with Crippen LogP contribution in [0.15, 0.2) is 46.7 Å². The van der Waals surface area contributed by atoms with Crippen molar-refractivity contribution in [2.75, 3.05) is 5.32 Å². The second-order valence-corrected chi connectivity index (χ2v) is 5.93. The minimum atomic E-state index is -0.0233. The van der Waals surface area contributed by atoms with Gasteiger partial charge in [-0.2, -0.15) is 0 Å². The minimum absolute atomic E-state index is 0.0233. The minimum Gasteiger partial charge on any atom is -0.384 e. The zero-order valence-corrected chi connectivity index (χ0v) is 14.6. The van der Waals surface area contributed by atoms with Gasteiger partial charge < -0.3 is 11.1 Å². The normalized spacial score (nSPS) is 13.3. The van der Waals surface area contributed by atoms with E-state index in [-0.39, 0.29) is 5.84 Å². The van der Waals surface area contributed by atoms with Gasteiger partial charge in [-0.05, 0) is 45.7 Å². The number of hydrogen-bond donors (Lipinski definition) is 3. The summed E-state index contributed by atoms with van der Waals surface area (Å²) in [6, 6.07) is 4.24. The molecule has 0 aliphatic rings. The second-order valence-electron chi connectivity index (χ2n) is 5.36. The molecule has 0 aliphatic heterocycles. The summed E-state index contributed by atoms with van der Waals surface area (Å²) in [5.74, 6) is -0.0233. The summed E-state index contributed by atoms with van der Waals surface area (Å²) in [4.78, 5) is 0. The Morgan fingerprint density at radius 2 is 1.77 bits per heavy atom. The number of hydrogen-bond acceptors (Lipinski definition) is 2. The molecule has 0 unspecified atom stereocenters. The van der Waals surface area contributed by atoms with Crippen LogP contribution in [0.5, 0.6) is 0 Å². The zero-order valence-electron chi connectivity index (χ0n) is 13.8. The monoisotopic (exact) mass is 317 g/mol. The third-order valence-electron chi connectivity index (χ3n) is 3.23. The van der Waals surface area contributed by atoms with E-state index in [1.165, 1.54) is 5.56 Å². The van der Waals surface area contributed by atoms with Gasteiger partial charge in [0.1, 0.15) is 5.84 Å². The molecule has 4 heteroatoms. The molecule has 0 heterocycles. The van der Waals surface area contributed by atoms with E-state index in [2.05, 4.69) is 38.2 Å². The summed E-state index contributed by atoms with van der Waals surface area (Å²) in [6.45, 7) is 9.93. The van der Waals surface area contributed by atoms with Crippen LogP contribution in [-0.4, -0.2) is 5.84 Å². The lowest BCUT2D eigenvalue weighted by Crippen LogP contribution is -2.12. The molecule has 0 atom stereocenters. The molecule has 0 saturated heterocycles. The third-order valence-corrected chi connectivity index (χ3v) is 3.43. The molecule has 0 aliphatic carbocycles. The Balaban J connectivity index is 3.40. The molecule has 118 valence electrons. The van der Waals surface area contributed by atoms with Crippen LogP contribution in [0.4, 0.5) is 5.69 Å². The van der Waals surface area contributed by atoms with Crippen LogP contribution in [0.2, 0.25) is 0 Å². The summed E-state index contributed by atoms with van der Waals surface area (Å²) in [7, 11) is 0. The number of rotatable bonds is 5. The molecule has 0 radical (unpaired) electrons. The van der Waals surface area contributed by atoms with Gasteiger partial charge >= 0.3 is 0 Å². The smallest absolute Gasteiger partial charge is 0.117 e. The van der Waals surface area contributed by atoms with E-state index >= 15 is 0 Å². The predicted octanol–water partition coefficient (Wildman–Crippen LogP) is 4.93. The molecular weight excluding hydrogens is 294 g/mol. The molecule has 4 N–H and O–H groups in total. The molecule has 0 amide bonds. The average Bonchev–Trinajstić information content (AvgIpc) is 2.38. The number of allylic oxidation sites excluding steroid dienone is 3. The maximum Gasteiger partial charge on any atom is 0.117 e. The number of amidine groups is 1. The van der Waals surface area contributed by atoms with Crippen molar-refractivity contribution in [2.45, 2.75) is 34.6 Å². The molecular formula is C18H24ClN3. The van der Waals surface area contributed by atoms with Gasteiger partial charge in [0.25, 0.3) is 0 Å². The lowest BCUT2D eigenvalue weighted by molar-refractivity contribution is 1.27. The van der Waals surface area contributed by atoms with Crippen LogP contribution < -0.4 is 11.1 Å². The first-order chi connectivity index (χ1) is 10.3. The fraction of sp³-hybridized carbons (Fsp3) is 0.278. The fourth-order valence-corrected chi connectivity index (χ4v) is 2.57. The molecule has 1 aromatic rings. The maximum atomic E-state index is 7.57. The maximum absolute atomic E-state index is 7.57. The number of anilines is 1. The highest BCUT2D eigenvalue weighted by molar-refractivity contribution is 6.30. The number of halogens is 1. The first-order valence-electron chi connectivity index (χ1n) is 7.16. The van der Waals surface area contributed by atoms with Crippen LogP contribution in [0.1, 0.15) is 30.5 Å². The van der Waals surface area contributed by atoms with Gasteiger partial charge in [-0.25, -0.2) is 0 Å². The lowest BCUT2D eigenvalue weighted by Gasteiger charge is -2.18. The highest BCUT2D eigenvalue weighted by Gasteiger charge is 2.10. The molecule has 0 fully saturated rings. The summed E-state index contributed by atoms with van der Waals surface area (Å²) >= 11 is 6.21. The zero-order chi connectivity index (χ0) is 16.9. The van der Waals surface area contributed by atoms with Crippen LogP contribution >= 0.6 is 11.6 Å². The third kappa shape index (κ3) is 4.78. The Morgan fingerprint density at radius 3 is 2.18 bits per heavy atom. The molecule has 0 saturated carbocycles. The molecule has 1 rings (SSSR count). The van der Waals surface area contributed by atoms with Crippen molar-refractivity contribution in [3.05, 3.63) is 63.4 Å². The van der Waals surface area contributed by atoms with E-state index in [1.807, 2.05) is 26.0 Å². The van der Waals surface area contributed by atoms with Crippen molar-refractivity contribution in [3.63, 3.8) is 0 Å². The van der Waals surface area contributed by atoms with E-state index in [0.717, 1.165) is 22.4 Å². The number of nitrogens with two attached hydrogens (primary N) is 1. The van der Waals surface area contributed by atoms with Crippen molar-refractivity contribution in [2.24, 2.45) is 5.73 Å². The van der Waals surface area contributed by atoms with E-state index in [9.17, 15) is 0 Å². The summed E-state index contributed by atoms with van der Waals surface area (Å²) in [5, 5.41) is 11.6. The van der Waals surface area contributed by atoms with Crippen molar-refractivity contribution in [1.82, 2.24) is 0 Å². The topological polar surface area (TPSA) is 61.9 Å². The van der Waals surface area contributed by atoms with Crippen LogP contribution in [0, 0.1) is 26.2 Å². The number of aryl methyl sites for hydroxylation is 3. The van der Waals surface area contributed by atoms with Crippen molar-refractivity contribution >= 4 is 23.1 Å². The van der Waals surface area contributed by atoms with Crippen LogP contribution in [-0.2, 0) is 0 Å². The van der Waals surface area contributed by atoms with Gasteiger partial charge in [-0.1, -0.05) is 41.4 Å². The molecule has 0 spiro atoms. The molecule has 22 heavy (non-hydrogen) atoms. The Kier molecular flexibility index (Phi) is 6.44. The predicted molar refractivity (Wildman–Crippen MR) is 97.6 cm³/mol. The number of nitrogens with one attached hydrogen (secondary N) is 2. The Bertz CT molecular complexity index is 640. The molecule has 1 aromatic carbocycles. The van der Waals surface area contributed by atoms with Gasteiger partial charge in [0.15, 0.2) is 0 Å². The molecule has 0 aromatic heterocycles. The van der Waals surface area contributed by atoms with E-state index < -0.39 is 0 Å². The van der Waals surface area contributed by atoms with Gasteiger partial charge in [-0.15, -0.1) is 0 Å². The average molecular weight is 318 g/mol. The highest BCUT2D eigenvalue weighted by atomic mass is 35.5. The molecule has 3 nitrogen and oxygen atoms in total. The Morgan fingerprint density at radius 1 is 1.23 bits per heavy atom. The highest BCUT2D eigenvalue weighted by Crippen LogP contribution is 2.27. The van der Waals surface area contributed by atoms with Crippen molar-refractivity contribution in [3.8, 4) is 0 Å². The van der Waals surface area contributed by atoms with Gasteiger partial charge in [0.2, 0.25) is 0 Å². The van der Waals surface area contributed by atoms with E-state index in [0.29, 0.717) is 10.7 Å². The van der Waals surface area contributed by atoms with Crippen LogP contribution in [0.25, 0.3) is 0 Å². The van der Waals surface area contributed by atoms with Gasteiger partial charge in [0, 0.05) is 22.4 Å². The van der Waals surface area contributed by atoms with E-state index in [4.69, 9.17) is 22.7 Å². The first-order valence-corrected chi connectivity index (χ1v) is 7.54. The summed E-state index contributed by atoms with van der Waals surface area (Å²) < 4.78 is 0.